The van der Waals surface area contributed by atoms with Crippen LogP contribution in [0.3, 0.4) is 0 Å². The molecule has 10 nitrogen and oxygen atoms in total. The number of benzene rings is 2. The molecule has 0 aliphatic carbocycles. The molecule has 1 amide bonds. The number of ether oxygens (including phenoxy) is 2. The van der Waals surface area contributed by atoms with Crippen LogP contribution in [0.5, 0.6) is 5.75 Å². The summed E-state index contributed by atoms with van der Waals surface area (Å²) in [5.74, 6) is -0.252. The Bertz CT molecular complexity index is 1300. The van der Waals surface area contributed by atoms with Crippen molar-refractivity contribution in [3.8, 4) is 5.75 Å². The Morgan fingerprint density at radius 2 is 1.49 bits per heavy atom. The number of nitrogens with one attached hydrogen (secondary N) is 1. The third-order valence-corrected chi connectivity index (χ3v) is 10.4. The van der Waals surface area contributed by atoms with Crippen LogP contribution in [0, 0.1) is 0 Å². The summed E-state index contributed by atoms with van der Waals surface area (Å²) in [5.41, 5.74) is 0.904. The summed E-state index contributed by atoms with van der Waals surface area (Å²) in [7, 11) is -6.01. The summed E-state index contributed by atoms with van der Waals surface area (Å²) in [6.45, 7) is 2.41. The normalized spacial score (nSPS) is 18.2. The first-order valence-corrected chi connectivity index (χ1v) is 15.2. The predicted molar refractivity (Wildman–Crippen MR) is 137 cm³/mol. The Labute approximate surface area is 218 Å². The van der Waals surface area contributed by atoms with E-state index in [1.54, 1.807) is 12.1 Å². The van der Waals surface area contributed by atoms with Crippen molar-refractivity contribution >= 4 is 26.0 Å². The summed E-state index contributed by atoms with van der Waals surface area (Å²) in [4.78, 5) is 13.0. The molecule has 1 N–H and O–H groups in total. The highest BCUT2D eigenvalue weighted by molar-refractivity contribution is 7.89. The van der Waals surface area contributed by atoms with Crippen molar-refractivity contribution in [2.75, 3.05) is 46.5 Å². The van der Waals surface area contributed by atoms with Gasteiger partial charge in [-0.3, -0.25) is 4.79 Å². The standard InChI is InChI=1S/C25H33N3O7S2/c1-34-23-11-8-21(18-24(23)37(32,33)27-12-4-2-3-5-13-27)25(29)26-19-20-6-9-22(10-7-20)36(30,31)28-14-16-35-17-15-28/h6-11,18H,2-5,12-17,19H2,1H3,(H,26,29). The zero-order valence-electron chi connectivity index (χ0n) is 20.9. The van der Waals surface area contributed by atoms with Gasteiger partial charge in [0.25, 0.3) is 5.91 Å². The number of rotatable bonds is 8. The lowest BCUT2D eigenvalue weighted by Gasteiger charge is -2.26. The van der Waals surface area contributed by atoms with Gasteiger partial charge in [-0.05, 0) is 48.7 Å². The van der Waals surface area contributed by atoms with Crippen LogP contribution in [0.25, 0.3) is 0 Å². The van der Waals surface area contributed by atoms with Gasteiger partial charge >= 0.3 is 0 Å². The second-order valence-electron chi connectivity index (χ2n) is 9.03. The summed E-state index contributed by atoms with van der Waals surface area (Å²) in [6, 6.07) is 10.7. The van der Waals surface area contributed by atoms with Crippen LogP contribution in [-0.4, -0.2) is 77.9 Å². The molecule has 0 unspecified atom stereocenters. The molecule has 0 bridgehead atoms. The zero-order chi connectivity index (χ0) is 26.5. The average molecular weight is 552 g/mol. The quantitative estimate of drug-likeness (QED) is 0.534. The van der Waals surface area contributed by atoms with Crippen molar-refractivity contribution in [1.82, 2.24) is 13.9 Å². The number of amides is 1. The number of sulfonamides is 2. The van der Waals surface area contributed by atoms with E-state index in [1.165, 1.54) is 46.1 Å². The number of morpholine rings is 1. The lowest BCUT2D eigenvalue weighted by Crippen LogP contribution is -2.40. The molecule has 2 aromatic rings. The maximum atomic E-state index is 13.4. The van der Waals surface area contributed by atoms with Crippen LogP contribution in [0.1, 0.15) is 41.6 Å². The van der Waals surface area contributed by atoms with Crippen LogP contribution in [0.15, 0.2) is 52.3 Å². The van der Waals surface area contributed by atoms with Gasteiger partial charge in [-0.1, -0.05) is 25.0 Å². The van der Waals surface area contributed by atoms with E-state index in [9.17, 15) is 21.6 Å². The van der Waals surface area contributed by atoms with Crippen LogP contribution in [-0.2, 0) is 31.3 Å². The van der Waals surface area contributed by atoms with E-state index in [2.05, 4.69) is 5.32 Å². The minimum Gasteiger partial charge on any atom is -0.495 e. The summed E-state index contributed by atoms with van der Waals surface area (Å²) in [6.07, 6.45) is 3.58. The van der Waals surface area contributed by atoms with Gasteiger partial charge in [0.15, 0.2) is 0 Å². The lowest BCUT2D eigenvalue weighted by atomic mass is 10.2. The Hall–Kier alpha value is -2.51. The van der Waals surface area contributed by atoms with Crippen LogP contribution in [0.4, 0.5) is 0 Å². The Kier molecular flexibility index (Phi) is 8.86. The average Bonchev–Trinajstić information content (AvgIpc) is 3.22. The van der Waals surface area contributed by atoms with E-state index in [0.29, 0.717) is 45.0 Å². The molecule has 0 aromatic heterocycles. The molecule has 2 aliphatic rings. The Balaban J connectivity index is 1.45. The SMILES string of the molecule is COc1ccc(C(=O)NCc2ccc(S(=O)(=O)N3CCOCC3)cc2)cc1S(=O)(=O)N1CCCCCC1. The minimum absolute atomic E-state index is 0.0257. The van der Waals surface area contributed by atoms with E-state index in [4.69, 9.17) is 9.47 Å². The third-order valence-electron chi connectivity index (χ3n) is 6.59. The number of methoxy groups -OCH3 is 1. The molecule has 0 radical (unpaired) electrons. The van der Waals surface area contributed by atoms with Crippen LogP contribution in [0.2, 0.25) is 0 Å². The fourth-order valence-electron chi connectivity index (χ4n) is 4.44. The van der Waals surface area contributed by atoms with Crippen molar-refractivity contribution in [2.24, 2.45) is 0 Å². The molecular formula is C25H33N3O7S2. The Morgan fingerprint density at radius 1 is 0.865 bits per heavy atom. The summed E-state index contributed by atoms with van der Waals surface area (Å²) >= 11 is 0. The van der Waals surface area contributed by atoms with E-state index < -0.39 is 26.0 Å². The molecule has 2 aromatic carbocycles. The highest BCUT2D eigenvalue weighted by atomic mass is 32.2. The number of carbonyl (C=O) groups excluding carboxylic acids is 1. The van der Waals surface area contributed by atoms with E-state index in [1.807, 2.05) is 0 Å². The van der Waals surface area contributed by atoms with E-state index >= 15 is 0 Å². The smallest absolute Gasteiger partial charge is 0.251 e. The maximum Gasteiger partial charge on any atom is 0.251 e. The van der Waals surface area contributed by atoms with Crippen molar-refractivity contribution in [3.05, 3.63) is 53.6 Å². The minimum atomic E-state index is -3.82. The van der Waals surface area contributed by atoms with Crippen molar-refractivity contribution in [2.45, 2.75) is 42.0 Å². The molecule has 37 heavy (non-hydrogen) atoms. The molecule has 2 saturated heterocycles. The zero-order valence-corrected chi connectivity index (χ0v) is 22.5. The monoisotopic (exact) mass is 551 g/mol. The van der Waals surface area contributed by atoms with E-state index in [0.717, 1.165) is 25.7 Å². The molecule has 0 atom stereocenters. The third kappa shape index (κ3) is 6.32. The Morgan fingerprint density at radius 3 is 2.11 bits per heavy atom. The molecule has 0 spiro atoms. The predicted octanol–water partition coefficient (Wildman–Crippen LogP) is 2.21. The van der Waals surface area contributed by atoms with Gasteiger partial charge in [0.1, 0.15) is 10.6 Å². The number of carbonyl (C=O) groups is 1. The fourth-order valence-corrected chi connectivity index (χ4v) is 7.55. The molecule has 2 aliphatic heterocycles. The second kappa shape index (κ2) is 11.9. The fraction of sp³-hybridized carbons (Fsp3) is 0.480. The van der Waals surface area contributed by atoms with Crippen LogP contribution < -0.4 is 10.1 Å². The number of hydrogen-bond donors (Lipinski definition) is 1. The first kappa shape index (κ1) is 27.5. The highest BCUT2D eigenvalue weighted by Gasteiger charge is 2.29. The molecular weight excluding hydrogens is 518 g/mol. The van der Waals surface area contributed by atoms with Gasteiger partial charge in [-0.2, -0.15) is 8.61 Å². The first-order chi connectivity index (χ1) is 17.7. The maximum absolute atomic E-state index is 13.4. The van der Waals surface area contributed by atoms with Crippen molar-refractivity contribution in [1.29, 1.82) is 0 Å². The van der Waals surface area contributed by atoms with E-state index in [-0.39, 0.29) is 27.6 Å². The summed E-state index contributed by atoms with van der Waals surface area (Å²) in [5, 5.41) is 2.78. The van der Waals surface area contributed by atoms with Gasteiger partial charge < -0.3 is 14.8 Å². The van der Waals surface area contributed by atoms with Crippen molar-refractivity contribution in [3.63, 3.8) is 0 Å². The van der Waals surface area contributed by atoms with Gasteiger partial charge in [0.2, 0.25) is 20.0 Å². The summed E-state index contributed by atoms with van der Waals surface area (Å²) < 4.78 is 65.7. The van der Waals surface area contributed by atoms with Gasteiger partial charge in [-0.25, -0.2) is 16.8 Å². The highest BCUT2D eigenvalue weighted by Crippen LogP contribution is 2.29. The molecule has 2 fully saturated rings. The van der Waals surface area contributed by atoms with Crippen molar-refractivity contribution < 1.29 is 31.1 Å². The second-order valence-corrected chi connectivity index (χ2v) is 12.9. The van der Waals surface area contributed by atoms with Gasteiger partial charge in [-0.15, -0.1) is 0 Å². The number of nitrogens with zero attached hydrogens (tertiary/aromatic N) is 2. The lowest BCUT2D eigenvalue weighted by molar-refractivity contribution is 0.0730. The molecule has 4 rings (SSSR count). The van der Waals surface area contributed by atoms with Gasteiger partial charge in [0, 0.05) is 38.3 Å². The van der Waals surface area contributed by atoms with Crippen LogP contribution >= 0.6 is 0 Å². The molecule has 0 saturated carbocycles. The molecule has 202 valence electrons. The van der Waals surface area contributed by atoms with Gasteiger partial charge in [0.05, 0.1) is 25.2 Å². The first-order valence-electron chi connectivity index (χ1n) is 12.4. The molecule has 12 heteroatoms. The molecule has 2 heterocycles. The largest absolute Gasteiger partial charge is 0.495 e. The topological polar surface area (TPSA) is 122 Å². The number of hydrogen-bond acceptors (Lipinski definition) is 7.